The van der Waals surface area contributed by atoms with Crippen LogP contribution in [0.3, 0.4) is 0 Å². The molecule has 0 saturated carbocycles. The highest BCUT2D eigenvalue weighted by Crippen LogP contribution is 2.45. The summed E-state index contributed by atoms with van der Waals surface area (Å²) >= 11 is 6.17. The lowest BCUT2D eigenvalue weighted by atomic mass is 9.87. The van der Waals surface area contributed by atoms with E-state index in [9.17, 15) is 9.59 Å². The van der Waals surface area contributed by atoms with Gasteiger partial charge >= 0.3 is 6.03 Å². The number of fused-ring (bicyclic) bond motifs is 1. The van der Waals surface area contributed by atoms with E-state index in [1.54, 1.807) is 19.1 Å². The Labute approximate surface area is 170 Å². The second-order valence-corrected chi connectivity index (χ2v) is 8.12. The molecule has 2 aliphatic heterocycles. The molecular weight excluding hydrogens is 374 g/mol. The molecule has 0 aliphatic carbocycles. The molecule has 0 radical (unpaired) electrons. The number of hydrogen-bond donors (Lipinski definition) is 1. The molecule has 0 aromatic heterocycles. The second kappa shape index (κ2) is 7.47. The molecule has 2 fully saturated rings. The van der Waals surface area contributed by atoms with E-state index < -0.39 is 0 Å². The summed E-state index contributed by atoms with van der Waals surface area (Å²) < 4.78 is 0. The monoisotopic (exact) mass is 397 g/mol. The quantitative estimate of drug-likeness (QED) is 0.819. The van der Waals surface area contributed by atoms with Crippen LogP contribution in [0.25, 0.3) is 0 Å². The molecule has 1 N–H and O–H groups in total. The number of carbonyl (C=O) groups excluding carboxylic acids is 2. The molecule has 2 saturated heterocycles. The number of aryl methyl sites for hydroxylation is 1. The van der Waals surface area contributed by atoms with Gasteiger partial charge in [-0.3, -0.25) is 4.79 Å². The Kier molecular flexibility index (Phi) is 5.02. The third-order valence-corrected chi connectivity index (χ3v) is 6.31. The van der Waals surface area contributed by atoms with Crippen molar-refractivity contribution in [3.05, 3.63) is 64.7 Å². The van der Waals surface area contributed by atoms with Crippen LogP contribution in [0.1, 0.15) is 24.1 Å². The van der Waals surface area contributed by atoms with Gasteiger partial charge in [-0.1, -0.05) is 48.0 Å². The lowest BCUT2D eigenvalue weighted by molar-refractivity contribution is -0.130. The van der Waals surface area contributed by atoms with E-state index >= 15 is 0 Å². The molecule has 2 heterocycles. The molecule has 28 heavy (non-hydrogen) atoms. The van der Waals surface area contributed by atoms with E-state index in [-0.39, 0.29) is 29.8 Å². The molecule has 3 amide bonds. The average molecular weight is 398 g/mol. The van der Waals surface area contributed by atoms with Gasteiger partial charge in [-0.2, -0.15) is 0 Å². The highest BCUT2D eigenvalue weighted by molar-refractivity contribution is 6.33. The number of urea groups is 1. The van der Waals surface area contributed by atoms with Crippen molar-refractivity contribution >= 4 is 29.2 Å². The molecule has 146 valence electrons. The average Bonchev–Trinajstić information content (AvgIpc) is 3.22. The van der Waals surface area contributed by atoms with Crippen molar-refractivity contribution in [3.63, 3.8) is 0 Å². The molecule has 0 unspecified atom stereocenters. The van der Waals surface area contributed by atoms with Crippen molar-refractivity contribution in [2.45, 2.75) is 19.9 Å². The van der Waals surface area contributed by atoms with Gasteiger partial charge in [-0.15, -0.1) is 0 Å². The molecular formula is C22H24ClN3O2. The minimum atomic E-state index is -0.139. The first-order valence-corrected chi connectivity index (χ1v) is 9.96. The molecule has 5 nitrogen and oxygen atoms in total. The van der Waals surface area contributed by atoms with Crippen molar-refractivity contribution in [1.29, 1.82) is 0 Å². The Morgan fingerprint density at radius 2 is 1.75 bits per heavy atom. The van der Waals surface area contributed by atoms with Crippen LogP contribution < -0.4 is 5.32 Å². The predicted molar refractivity (Wildman–Crippen MR) is 110 cm³/mol. The Balaban J connectivity index is 1.55. The number of hydrogen-bond acceptors (Lipinski definition) is 2. The zero-order valence-electron chi connectivity index (χ0n) is 16.1. The van der Waals surface area contributed by atoms with Gasteiger partial charge < -0.3 is 15.1 Å². The van der Waals surface area contributed by atoms with Crippen LogP contribution >= 0.6 is 11.6 Å². The molecule has 0 bridgehead atoms. The molecule has 4 rings (SSSR count). The fourth-order valence-electron chi connectivity index (χ4n) is 4.61. The van der Waals surface area contributed by atoms with Gasteiger partial charge in [0.2, 0.25) is 5.91 Å². The molecule has 2 aliphatic rings. The number of benzene rings is 2. The summed E-state index contributed by atoms with van der Waals surface area (Å²) in [4.78, 5) is 28.9. The lowest BCUT2D eigenvalue weighted by Crippen LogP contribution is -2.38. The van der Waals surface area contributed by atoms with Gasteiger partial charge in [0.25, 0.3) is 0 Å². The van der Waals surface area contributed by atoms with E-state index in [0.717, 1.165) is 0 Å². The maximum absolute atomic E-state index is 12.8. The Morgan fingerprint density at radius 1 is 1.04 bits per heavy atom. The first-order valence-electron chi connectivity index (χ1n) is 9.59. The number of amides is 3. The largest absolute Gasteiger partial charge is 0.335 e. The van der Waals surface area contributed by atoms with Crippen molar-refractivity contribution < 1.29 is 9.59 Å². The summed E-state index contributed by atoms with van der Waals surface area (Å²) in [6, 6.07) is 15.3. The third-order valence-electron chi connectivity index (χ3n) is 5.98. The fraction of sp³-hybridized carbons (Fsp3) is 0.364. The minimum absolute atomic E-state index is 0.0156. The van der Waals surface area contributed by atoms with Gasteiger partial charge in [0.1, 0.15) is 0 Å². The highest BCUT2D eigenvalue weighted by atomic mass is 35.5. The molecule has 6 heteroatoms. The second-order valence-electron chi connectivity index (χ2n) is 7.71. The first-order chi connectivity index (χ1) is 13.5. The summed E-state index contributed by atoms with van der Waals surface area (Å²) in [5.41, 5.74) is 2.98. The zero-order chi connectivity index (χ0) is 19.8. The molecule has 3 atom stereocenters. The topological polar surface area (TPSA) is 52.7 Å². The fourth-order valence-corrected chi connectivity index (χ4v) is 4.79. The van der Waals surface area contributed by atoms with E-state index in [2.05, 4.69) is 24.4 Å². The van der Waals surface area contributed by atoms with Gasteiger partial charge in [0.05, 0.1) is 16.8 Å². The van der Waals surface area contributed by atoms with Gasteiger partial charge in [-0.05, 0) is 30.2 Å². The summed E-state index contributed by atoms with van der Waals surface area (Å²) in [5, 5.41) is 3.44. The van der Waals surface area contributed by atoms with Crippen LogP contribution in [-0.2, 0) is 4.79 Å². The van der Waals surface area contributed by atoms with Crippen molar-refractivity contribution in [1.82, 2.24) is 9.80 Å². The summed E-state index contributed by atoms with van der Waals surface area (Å²) in [5.74, 6) is 0.613. The van der Waals surface area contributed by atoms with Crippen LogP contribution in [0.2, 0.25) is 5.02 Å². The molecule has 2 aromatic carbocycles. The number of likely N-dealkylation sites (tertiary alicyclic amines) is 2. The number of rotatable bonds is 2. The predicted octanol–water partition coefficient (Wildman–Crippen LogP) is 4.33. The number of nitrogens with zero attached hydrogens (tertiary/aromatic N) is 2. The van der Waals surface area contributed by atoms with Crippen LogP contribution in [0.15, 0.2) is 48.5 Å². The molecule has 0 spiro atoms. The molecule has 2 aromatic rings. The maximum Gasteiger partial charge on any atom is 0.321 e. The van der Waals surface area contributed by atoms with Crippen LogP contribution in [0.5, 0.6) is 0 Å². The van der Waals surface area contributed by atoms with E-state index in [0.29, 0.717) is 30.3 Å². The van der Waals surface area contributed by atoms with E-state index in [1.807, 2.05) is 34.1 Å². The normalized spacial score (nSPS) is 23.6. The number of para-hydroxylation sites is 1. The van der Waals surface area contributed by atoms with Gasteiger partial charge in [-0.25, -0.2) is 4.79 Å². The Bertz CT molecular complexity index is 916. The maximum atomic E-state index is 12.8. The zero-order valence-corrected chi connectivity index (χ0v) is 16.8. The first kappa shape index (κ1) is 18.8. The third kappa shape index (κ3) is 3.35. The number of carbonyl (C=O) groups is 2. The smallest absolute Gasteiger partial charge is 0.321 e. The van der Waals surface area contributed by atoms with Crippen LogP contribution in [0.4, 0.5) is 10.5 Å². The Morgan fingerprint density at radius 3 is 2.46 bits per heavy atom. The number of halogens is 1. The number of anilines is 1. The van der Waals surface area contributed by atoms with Crippen molar-refractivity contribution in [2.75, 3.05) is 25.0 Å². The standard InChI is InChI=1S/C22H24ClN3O2/c1-14-7-3-4-8-17(14)21-18-13-25(11-16(18)12-26(21)15(2)27)22(28)24-20-10-6-5-9-19(20)23/h3-10,16,18,21H,11-13H2,1-2H3,(H,24,28)/t16-,18-,21+/m1/s1. The minimum Gasteiger partial charge on any atom is -0.335 e. The summed E-state index contributed by atoms with van der Waals surface area (Å²) in [6.45, 7) is 5.68. The van der Waals surface area contributed by atoms with Gasteiger partial charge in [0, 0.05) is 38.4 Å². The van der Waals surface area contributed by atoms with E-state index in [1.165, 1.54) is 11.1 Å². The van der Waals surface area contributed by atoms with Gasteiger partial charge in [0.15, 0.2) is 0 Å². The summed E-state index contributed by atoms with van der Waals surface area (Å²) in [6.07, 6.45) is 0. The Hall–Kier alpha value is -2.53. The lowest BCUT2D eigenvalue weighted by Gasteiger charge is -2.30. The summed E-state index contributed by atoms with van der Waals surface area (Å²) in [7, 11) is 0. The van der Waals surface area contributed by atoms with Crippen LogP contribution in [0, 0.1) is 18.8 Å². The van der Waals surface area contributed by atoms with Crippen molar-refractivity contribution in [2.24, 2.45) is 11.8 Å². The highest BCUT2D eigenvalue weighted by Gasteiger charge is 2.49. The van der Waals surface area contributed by atoms with Crippen LogP contribution in [-0.4, -0.2) is 41.4 Å². The SMILES string of the molecule is CC(=O)N1C[C@H]2CN(C(=O)Nc3ccccc3Cl)C[C@H]2[C@@H]1c1ccccc1C. The van der Waals surface area contributed by atoms with E-state index in [4.69, 9.17) is 11.6 Å². The van der Waals surface area contributed by atoms with Crippen molar-refractivity contribution in [3.8, 4) is 0 Å². The number of nitrogens with one attached hydrogen (secondary N) is 1.